The van der Waals surface area contributed by atoms with E-state index in [-0.39, 0.29) is 0 Å². The molecule has 1 aliphatic heterocycles. The lowest BCUT2D eigenvalue weighted by molar-refractivity contribution is 0.629. The van der Waals surface area contributed by atoms with Crippen molar-refractivity contribution in [3.63, 3.8) is 0 Å². The number of aromatic nitrogens is 2. The van der Waals surface area contributed by atoms with Crippen LogP contribution in [0.4, 0.5) is 17.5 Å². The summed E-state index contributed by atoms with van der Waals surface area (Å²) in [6.45, 7) is 1.72. The molecule has 4 N–H and O–H groups in total. The van der Waals surface area contributed by atoms with Crippen molar-refractivity contribution in [3.8, 4) is 0 Å². The van der Waals surface area contributed by atoms with Crippen LogP contribution in [0.5, 0.6) is 0 Å². The second-order valence-corrected chi connectivity index (χ2v) is 4.27. The Morgan fingerprint density at radius 3 is 2.83 bits per heavy atom. The largest absolute Gasteiger partial charge is 0.368 e. The fourth-order valence-corrected chi connectivity index (χ4v) is 2.12. The lowest BCUT2D eigenvalue weighted by atomic mass is 10.1. The molecule has 0 atom stereocenters. The summed E-state index contributed by atoms with van der Waals surface area (Å²) in [6, 6.07) is 9.95. The summed E-state index contributed by atoms with van der Waals surface area (Å²) in [5.41, 5.74) is 8.91. The minimum absolute atomic E-state index is 0.328. The second-order valence-electron chi connectivity index (χ2n) is 4.27. The van der Waals surface area contributed by atoms with Gasteiger partial charge in [-0.3, -0.25) is 0 Å². The van der Waals surface area contributed by atoms with Crippen molar-refractivity contribution in [2.45, 2.75) is 13.0 Å². The summed E-state index contributed by atoms with van der Waals surface area (Å²) in [4.78, 5) is 8.60. The average molecular weight is 241 g/mol. The van der Waals surface area contributed by atoms with Gasteiger partial charge in [0.25, 0.3) is 0 Å². The molecule has 3 rings (SSSR count). The van der Waals surface area contributed by atoms with Gasteiger partial charge in [0, 0.05) is 30.8 Å². The highest BCUT2D eigenvalue weighted by molar-refractivity contribution is 5.61. The SMILES string of the molecule is Nc1nc2c(c(Nc3ccccc3)n1)CNCC2. The number of nitrogen functional groups attached to an aromatic ring is 1. The van der Waals surface area contributed by atoms with Gasteiger partial charge < -0.3 is 16.4 Å². The number of para-hydroxylation sites is 1. The lowest BCUT2D eigenvalue weighted by Crippen LogP contribution is -2.26. The molecule has 1 aromatic heterocycles. The van der Waals surface area contributed by atoms with Crippen LogP contribution in [0.2, 0.25) is 0 Å². The third-order valence-corrected chi connectivity index (χ3v) is 2.99. The van der Waals surface area contributed by atoms with Gasteiger partial charge in [-0.25, -0.2) is 4.98 Å². The zero-order valence-corrected chi connectivity index (χ0v) is 9.98. The number of hydrogen-bond donors (Lipinski definition) is 3. The molecule has 0 bridgehead atoms. The predicted octanol–water partition coefficient (Wildman–Crippen LogP) is 1.45. The van der Waals surface area contributed by atoms with Crippen molar-refractivity contribution in [2.75, 3.05) is 17.6 Å². The van der Waals surface area contributed by atoms with Crippen molar-refractivity contribution >= 4 is 17.5 Å². The summed E-state index contributed by atoms with van der Waals surface area (Å²) >= 11 is 0. The van der Waals surface area contributed by atoms with Gasteiger partial charge >= 0.3 is 0 Å². The molecule has 1 aliphatic rings. The Balaban J connectivity index is 1.98. The third-order valence-electron chi connectivity index (χ3n) is 2.99. The fraction of sp³-hybridized carbons (Fsp3) is 0.231. The number of benzene rings is 1. The molecule has 0 saturated carbocycles. The van der Waals surface area contributed by atoms with E-state index < -0.39 is 0 Å². The first-order chi connectivity index (χ1) is 8.83. The molecule has 0 fully saturated rings. The van der Waals surface area contributed by atoms with E-state index in [1.807, 2.05) is 30.3 Å². The second kappa shape index (κ2) is 4.62. The number of fused-ring (bicyclic) bond motifs is 1. The summed E-state index contributed by atoms with van der Waals surface area (Å²) in [6.07, 6.45) is 0.894. The van der Waals surface area contributed by atoms with Crippen LogP contribution >= 0.6 is 0 Å². The standard InChI is InChI=1S/C13H15N5/c14-13-17-11-6-7-15-8-10(11)12(18-13)16-9-4-2-1-3-5-9/h1-5,15H,6-8H2,(H3,14,16,17,18). The van der Waals surface area contributed by atoms with E-state index in [1.165, 1.54) is 0 Å². The summed E-state index contributed by atoms with van der Waals surface area (Å²) < 4.78 is 0. The minimum atomic E-state index is 0.328. The lowest BCUT2D eigenvalue weighted by Gasteiger charge is -2.19. The molecule has 5 heteroatoms. The Bertz CT molecular complexity index is 553. The molecule has 2 heterocycles. The number of nitrogens with one attached hydrogen (secondary N) is 2. The molecule has 0 radical (unpaired) electrons. The van der Waals surface area contributed by atoms with Crippen molar-refractivity contribution in [1.82, 2.24) is 15.3 Å². The average Bonchev–Trinajstić information content (AvgIpc) is 2.40. The van der Waals surface area contributed by atoms with E-state index in [2.05, 4.69) is 20.6 Å². The topological polar surface area (TPSA) is 75.9 Å². The van der Waals surface area contributed by atoms with E-state index in [0.717, 1.165) is 42.3 Å². The van der Waals surface area contributed by atoms with Crippen molar-refractivity contribution in [3.05, 3.63) is 41.6 Å². The molecule has 0 unspecified atom stereocenters. The maximum absolute atomic E-state index is 5.75. The van der Waals surface area contributed by atoms with Gasteiger partial charge in [0.2, 0.25) is 5.95 Å². The van der Waals surface area contributed by atoms with Gasteiger partial charge in [0.15, 0.2) is 0 Å². The molecule has 0 spiro atoms. The molecule has 1 aromatic carbocycles. The van der Waals surface area contributed by atoms with Crippen molar-refractivity contribution in [1.29, 1.82) is 0 Å². The van der Waals surface area contributed by atoms with Crippen LogP contribution in [0, 0.1) is 0 Å². The molecule has 92 valence electrons. The van der Waals surface area contributed by atoms with Crippen LogP contribution in [0.1, 0.15) is 11.3 Å². The van der Waals surface area contributed by atoms with E-state index in [4.69, 9.17) is 5.73 Å². The zero-order chi connectivity index (χ0) is 12.4. The quantitative estimate of drug-likeness (QED) is 0.742. The maximum Gasteiger partial charge on any atom is 0.222 e. The van der Waals surface area contributed by atoms with Gasteiger partial charge in [0.1, 0.15) is 5.82 Å². The van der Waals surface area contributed by atoms with E-state index in [0.29, 0.717) is 5.95 Å². The van der Waals surface area contributed by atoms with Gasteiger partial charge in [-0.2, -0.15) is 4.98 Å². The van der Waals surface area contributed by atoms with E-state index in [9.17, 15) is 0 Å². The van der Waals surface area contributed by atoms with E-state index in [1.54, 1.807) is 0 Å². The van der Waals surface area contributed by atoms with Gasteiger partial charge in [-0.15, -0.1) is 0 Å². The van der Waals surface area contributed by atoms with Crippen LogP contribution < -0.4 is 16.4 Å². The van der Waals surface area contributed by atoms with Gasteiger partial charge in [-0.1, -0.05) is 18.2 Å². The Morgan fingerprint density at radius 1 is 1.17 bits per heavy atom. The number of nitrogens with zero attached hydrogens (tertiary/aromatic N) is 2. The molecule has 0 aliphatic carbocycles. The van der Waals surface area contributed by atoms with Crippen molar-refractivity contribution in [2.24, 2.45) is 0 Å². The normalized spacial score (nSPS) is 14.0. The first kappa shape index (κ1) is 11.0. The van der Waals surface area contributed by atoms with Crippen LogP contribution in [0.3, 0.4) is 0 Å². The Kier molecular flexibility index (Phi) is 2.82. The summed E-state index contributed by atoms with van der Waals surface area (Å²) in [5.74, 6) is 1.13. The molecule has 2 aromatic rings. The fourth-order valence-electron chi connectivity index (χ4n) is 2.12. The molecule has 5 nitrogen and oxygen atoms in total. The van der Waals surface area contributed by atoms with Crippen LogP contribution in [0.25, 0.3) is 0 Å². The highest BCUT2D eigenvalue weighted by atomic mass is 15.1. The summed E-state index contributed by atoms with van der Waals surface area (Å²) in [7, 11) is 0. The monoisotopic (exact) mass is 241 g/mol. The number of anilines is 3. The van der Waals surface area contributed by atoms with Crippen molar-refractivity contribution < 1.29 is 0 Å². The first-order valence-electron chi connectivity index (χ1n) is 6.01. The van der Waals surface area contributed by atoms with Crippen LogP contribution in [-0.4, -0.2) is 16.5 Å². The summed E-state index contributed by atoms with van der Waals surface area (Å²) in [5, 5.41) is 6.63. The predicted molar refractivity (Wildman–Crippen MR) is 71.6 cm³/mol. The third kappa shape index (κ3) is 2.12. The zero-order valence-electron chi connectivity index (χ0n) is 9.98. The van der Waals surface area contributed by atoms with Gasteiger partial charge in [0.05, 0.1) is 5.69 Å². The van der Waals surface area contributed by atoms with E-state index >= 15 is 0 Å². The first-order valence-corrected chi connectivity index (χ1v) is 6.01. The molecule has 0 amide bonds. The maximum atomic E-state index is 5.75. The van der Waals surface area contributed by atoms with Gasteiger partial charge in [-0.05, 0) is 12.1 Å². The van der Waals surface area contributed by atoms with Crippen LogP contribution in [-0.2, 0) is 13.0 Å². The number of nitrogens with two attached hydrogens (primary N) is 1. The smallest absolute Gasteiger partial charge is 0.222 e. The molecule has 0 saturated heterocycles. The Hall–Kier alpha value is -2.14. The molecular formula is C13H15N5. The number of rotatable bonds is 2. The Labute approximate surface area is 105 Å². The molecule has 18 heavy (non-hydrogen) atoms. The minimum Gasteiger partial charge on any atom is -0.368 e. The number of hydrogen-bond acceptors (Lipinski definition) is 5. The Morgan fingerprint density at radius 2 is 2.00 bits per heavy atom. The van der Waals surface area contributed by atoms with Crippen LogP contribution in [0.15, 0.2) is 30.3 Å². The highest BCUT2D eigenvalue weighted by Gasteiger charge is 2.16. The molecular weight excluding hydrogens is 226 g/mol. The highest BCUT2D eigenvalue weighted by Crippen LogP contribution is 2.23.